The molecule has 0 bridgehead atoms. The van der Waals surface area contributed by atoms with Crippen LogP contribution in [0.4, 0.5) is 5.69 Å². The van der Waals surface area contributed by atoms with E-state index in [-0.39, 0.29) is 30.8 Å². The van der Waals surface area contributed by atoms with Gasteiger partial charge in [0, 0.05) is 30.6 Å². The Hall–Kier alpha value is -2.58. The predicted octanol–water partition coefficient (Wildman–Crippen LogP) is 4.84. The van der Waals surface area contributed by atoms with E-state index in [1.807, 2.05) is 58.9 Å². The van der Waals surface area contributed by atoms with Crippen LogP contribution in [0.2, 0.25) is 5.02 Å². The molecule has 0 aliphatic rings. The van der Waals surface area contributed by atoms with Gasteiger partial charge in [-0.1, -0.05) is 54.4 Å². The lowest BCUT2D eigenvalue weighted by molar-refractivity contribution is -0.141. The van der Waals surface area contributed by atoms with Crippen molar-refractivity contribution in [1.29, 1.82) is 0 Å². The van der Waals surface area contributed by atoms with Crippen molar-refractivity contribution in [3.8, 4) is 0 Å². The number of halogens is 1. The summed E-state index contributed by atoms with van der Waals surface area (Å²) in [6.45, 7) is 9.87. The first-order chi connectivity index (χ1) is 16.8. The molecule has 1 atom stereocenters. The Bertz CT molecular complexity index is 1170. The molecule has 0 saturated heterocycles. The number of hydrogen-bond donors (Lipinski definition) is 1. The molecule has 1 N–H and O–H groups in total. The first-order valence-corrected chi connectivity index (χ1v) is 14.4. The van der Waals surface area contributed by atoms with Gasteiger partial charge in [0.15, 0.2) is 0 Å². The van der Waals surface area contributed by atoms with Gasteiger partial charge in [0.2, 0.25) is 21.8 Å². The van der Waals surface area contributed by atoms with Crippen molar-refractivity contribution < 1.29 is 18.0 Å². The standard InChI is InChI=1S/C27H38ClN3O4S/c1-7-24(27(33)29-19(2)3)30(18-22-11-8-10-20(4)16-22)26(32)12-9-15-31(36(6,34)35)25-17-23(28)14-13-21(25)5/h8,10-11,13-14,16-17,19,24H,7,9,12,15,18H2,1-6H3,(H,29,33)/t24-/m1/s1. The number of carbonyl (C=O) groups excluding carboxylic acids is 2. The van der Waals surface area contributed by atoms with Crippen molar-refractivity contribution >= 4 is 39.1 Å². The third-order valence-corrected chi connectivity index (χ3v) is 7.26. The van der Waals surface area contributed by atoms with Crippen LogP contribution in [0.3, 0.4) is 0 Å². The number of carbonyl (C=O) groups is 2. The molecule has 0 aromatic heterocycles. The maximum atomic E-state index is 13.5. The molecule has 0 aliphatic carbocycles. The normalized spacial score (nSPS) is 12.3. The summed E-state index contributed by atoms with van der Waals surface area (Å²) in [7, 11) is -3.59. The summed E-state index contributed by atoms with van der Waals surface area (Å²) in [5, 5.41) is 3.36. The Kier molecular flexibility index (Phi) is 10.8. The van der Waals surface area contributed by atoms with E-state index in [0.29, 0.717) is 30.1 Å². The fraction of sp³-hybridized carbons (Fsp3) is 0.481. The molecule has 0 unspecified atom stereocenters. The van der Waals surface area contributed by atoms with Crippen LogP contribution >= 0.6 is 11.6 Å². The molecule has 2 rings (SSSR count). The minimum Gasteiger partial charge on any atom is -0.352 e. The molecule has 0 radical (unpaired) electrons. The van der Waals surface area contributed by atoms with Crippen LogP contribution in [-0.4, -0.2) is 50.0 Å². The van der Waals surface area contributed by atoms with Crippen LogP contribution in [0, 0.1) is 13.8 Å². The zero-order chi connectivity index (χ0) is 27.0. The first-order valence-electron chi connectivity index (χ1n) is 12.2. The smallest absolute Gasteiger partial charge is 0.243 e. The van der Waals surface area contributed by atoms with Crippen molar-refractivity contribution in [2.45, 2.75) is 72.5 Å². The van der Waals surface area contributed by atoms with E-state index in [0.717, 1.165) is 22.9 Å². The number of sulfonamides is 1. The number of amides is 2. The largest absolute Gasteiger partial charge is 0.352 e. The average molecular weight is 536 g/mol. The summed E-state index contributed by atoms with van der Waals surface area (Å²) in [6.07, 6.45) is 2.00. The molecule has 0 fully saturated rings. The lowest BCUT2D eigenvalue weighted by Gasteiger charge is -2.32. The van der Waals surface area contributed by atoms with Crippen molar-refractivity contribution in [2.75, 3.05) is 17.1 Å². The Labute approximate surface area is 220 Å². The van der Waals surface area contributed by atoms with Gasteiger partial charge in [-0.05, 0) is 63.8 Å². The minimum atomic E-state index is -3.59. The van der Waals surface area contributed by atoms with E-state index in [1.54, 1.807) is 23.1 Å². The topological polar surface area (TPSA) is 86.8 Å². The van der Waals surface area contributed by atoms with Crippen LogP contribution in [0.1, 0.15) is 56.7 Å². The zero-order valence-electron chi connectivity index (χ0n) is 22.0. The van der Waals surface area contributed by atoms with Gasteiger partial charge in [-0.2, -0.15) is 0 Å². The second kappa shape index (κ2) is 13.1. The molecule has 7 nitrogen and oxygen atoms in total. The van der Waals surface area contributed by atoms with E-state index in [9.17, 15) is 18.0 Å². The summed E-state index contributed by atoms with van der Waals surface area (Å²) in [6, 6.07) is 12.3. The number of nitrogens with one attached hydrogen (secondary N) is 1. The van der Waals surface area contributed by atoms with Crippen LogP contribution < -0.4 is 9.62 Å². The third-order valence-electron chi connectivity index (χ3n) is 5.84. The Morgan fingerprint density at radius 3 is 2.36 bits per heavy atom. The minimum absolute atomic E-state index is 0.0493. The lowest BCUT2D eigenvalue weighted by Crippen LogP contribution is -2.50. The average Bonchev–Trinajstić information content (AvgIpc) is 2.77. The molecule has 198 valence electrons. The predicted molar refractivity (Wildman–Crippen MR) is 147 cm³/mol. The highest BCUT2D eigenvalue weighted by Crippen LogP contribution is 2.27. The van der Waals surface area contributed by atoms with Crippen molar-refractivity contribution in [1.82, 2.24) is 10.2 Å². The van der Waals surface area contributed by atoms with Gasteiger partial charge < -0.3 is 10.2 Å². The molecular formula is C27H38ClN3O4S. The molecule has 2 amide bonds. The molecule has 2 aromatic rings. The maximum Gasteiger partial charge on any atom is 0.243 e. The van der Waals surface area contributed by atoms with Crippen molar-refractivity contribution in [3.05, 3.63) is 64.2 Å². The fourth-order valence-electron chi connectivity index (χ4n) is 4.14. The second-order valence-electron chi connectivity index (χ2n) is 9.47. The summed E-state index contributed by atoms with van der Waals surface area (Å²) in [4.78, 5) is 28.0. The number of anilines is 1. The van der Waals surface area contributed by atoms with E-state index >= 15 is 0 Å². The zero-order valence-corrected chi connectivity index (χ0v) is 23.6. The van der Waals surface area contributed by atoms with Gasteiger partial charge in [-0.3, -0.25) is 13.9 Å². The number of nitrogens with zero attached hydrogens (tertiary/aromatic N) is 2. The summed E-state index contributed by atoms with van der Waals surface area (Å²) in [5.41, 5.74) is 3.28. The summed E-state index contributed by atoms with van der Waals surface area (Å²) < 4.78 is 26.4. The SMILES string of the molecule is CC[C@H](C(=O)NC(C)C)N(Cc1cccc(C)c1)C(=O)CCCN(c1cc(Cl)ccc1C)S(C)(=O)=O. The van der Waals surface area contributed by atoms with E-state index in [2.05, 4.69) is 5.32 Å². The quantitative estimate of drug-likeness (QED) is 0.421. The molecule has 0 saturated carbocycles. The van der Waals surface area contributed by atoms with Crippen LogP contribution in [0.15, 0.2) is 42.5 Å². The van der Waals surface area contributed by atoms with Gasteiger partial charge in [0.1, 0.15) is 6.04 Å². The molecular weight excluding hydrogens is 498 g/mol. The Balaban J connectivity index is 2.25. The van der Waals surface area contributed by atoms with Gasteiger partial charge in [-0.15, -0.1) is 0 Å². The monoisotopic (exact) mass is 535 g/mol. The van der Waals surface area contributed by atoms with Gasteiger partial charge >= 0.3 is 0 Å². The molecule has 0 aliphatic heterocycles. The van der Waals surface area contributed by atoms with E-state index < -0.39 is 16.1 Å². The van der Waals surface area contributed by atoms with Crippen molar-refractivity contribution in [3.63, 3.8) is 0 Å². The molecule has 0 heterocycles. The number of hydrogen-bond acceptors (Lipinski definition) is 4. The fourth-order valence-corrected chi connectivity index (χ4v) is 5.32. The Morgan fingerprint density at radius 2 is 1.78 bits per heavy atom. The third kappa shape index (κ3) is 8.52. The molecule has 36 heavy (non-hydrogen) atoms. The number of rotatable bonds is 12. The second-order valence-corrected chi connectivity index (χ2v) is 11.8. The van der Waals surface area contributed by atoms with E-state index in [4.69, 9.17) is 11.6 Å². The van der Waals surface area contributed by atoms with Crippen LogP contribution in [-0.2, 0) is 26.2 Å². The first kappa shape index (κ1) is 29.6. The number of benzene rings is 2. The maximum absolute atomic E-state index is 13.5. The van der Waals surface area contributed by atoms with Gasteiger partial charge in [0.25, 0.3) is 0 Å². The van der Waals surface area contributed by atoms with Gasteiger partial charge in [-0.25, -0.2) is 8.42 Å². The summed E-state index contributed by atoms with van der Waals surface area (Å²) in [5.74, 6) is -0.389. The molecule has 0 spiro atoms. The van der Waals surface area contributed by atoms with E-state index in [1.165, 1.54) is 4.31 Å². The molecule has 9 heteroatoms. The lowest BCUT2D eigenvalue weighted by atomic mass is 10.1. The highest BCUT2D eigenvalue weighted by Gasteiger charge is 2.29. The summed E-state index contributed by atoms with van der Waals surface area (Å²) >= 11 is 6.12. The van der Waals surface area contributed by atoms with Crippen LogP contribution in [0.5, 0.6) is 0 Å². The van der Waals surface area contributed by atoms with Crippen LogP contribution in [0.25, 0.3) is 0 Å². The molecule has 2 aromatic carbocycles. The highest BCUT2D eigenvalue weighted by molar-refractivity contribution is 7.92. The van der Waals surface area contributed by atoms with Gasteiger partial charge in [0.05, 0.1) is 11.9 Å². The van der Waals surface area contributed by atoms with Crippen molar-refractivity contribution in [2.24, 2.45) is 0 Å². The Morgan fingerprint density at radius 1 is 1.08 bits per heavy atom. The number of aryl methyl sites for hydroxylation is 2. The highest BCUT2D eigenvalue weighted by atomic mass is 35.5.